The summed E-state index contributed by atoms with van der Waals surface area (Å²) in [5.74, 6) is 1.58. The smallest absolute Gasteiger partial charge is 0.164 e. The molecular weight excluding hydrogens is 182 g/mol. The van der Waals surface area contributed by atoms with Crippen molar-refractivity contribution in [3.8, 4) is 11.5 Å². The molecule has 0 aliphatic carbocycles. The van der Waals surface area contributed by atoms with Gasteiger partial charge in [-0.2, -0.15) is 0 Å². The minimum Gasteiger partial charge on any atom is -0.486 e. The molecule has 1 aliphatic rings. The molecule has 0 saturated heterocycles. The van der Waals surface area contributed by atoms with Gasteiger partial charge in [0.1, 0.15) is 13.2 Å². The third-order valence-corrected chi connectivity index (χ3v) is 2.34. The Kier molecular flexibility index (Phi) is 2.56. The van der Waals surface area contributed by atoms with Crippen LogP contribution in [-0.4, -0.2) is 18.4 Å². The van der Waals surface area contributed by atoms with Gasteiger partial charge in [-0.15, -0.1) is 0 Å². The predicted molar refractivity (Wildman–Crippen MR) is 50.8 cm³/mol. The lowest BCUT2D eigenvalue weighted by molar-refractivity contribution is 0.158. The van der Waals surface area contributed by atoms with Crippen molar-refractivity contribution in [3.05, 3.63) is 23.3 Å². The van der Waals surface area contributed by atoms with Crippen molar-refractivity contribution < 1.29 is 14.7 Å². The molecule has 0 bridgehead atoms. The maximum absolute atomic E-state index is 8.63. The van der Waals surface area contributed by atoms with Gasteiger partial charge in [0, 0.05) is 6.54 Å². The Labute approximate surface area is 82.4 Å². The summed E-state index contributed by atoms with van der Waals surface area (Å²) in [6, 6.07) is 3.79. The molecule has 0 amide bonds. The largest absolute Gasteiger partial charge is 0.486 e. The second-order valence-electron chi connectivity index (χ2n) is 3.21. The van der Waals surface area contributed by atoms with Crippen LogP contribution in [-0.2, 0) is 6.54 Å². The highest BCUT2D eigenvalue weighted by Gasteiger charge is 2.15. The topological polar surface area (TPSA) is 50.7 Å². The number of rotatable bonds is 2. The Hall–Kier alpha value is -1.26. The Bertz CT molecular complexity index is 338. The quantitative estimate of drug-likeness (QED) is 0.697. The molecule has 0 unspecified atom stereocenters. The van der Waals surface area contributed by atoms with Crippen LogP contribution in [0.3, 0.4) is 0 Å². The summed E-state index contributed by atoms with van der Waals surface area (Å²) in [7, 11) is 0. The van der Waals surface area contributed by atoms with Crippen molar-refractivity contribution in [3.63, 3.8) is 0 Å². The summed E-state index contributed by atoms with van der Waals surface area (Å²) >= 11 is 0. The molecule has 0 fully saturated rings. The van der Waals surface area contributed by atoms with Gasteiger partial charge in [-0.3, -0.25) is 0 Å². The summed E-state index contributed by atoms with van der Waals surface area (Å²) in [6.45, 7) is 3.57. The molecule has 14 heavy (non-hydrogen) atoms. The van der Waals surface area contributed by atoms with Crippen molar-refractivity contribution >= 4 is 0 Å². The lowest BCUT2D eigenvalue weighted by Gasteiger charge is -2.21. The van der Waals surface area contributed by atoms with Gasteiger partial charge >= 0.3 is 0 Å². The Morgan fingerprint density at radius 2 is 2.14 bits per heavy atom. The summed E-state index contributed by atoms with van der Waals surface area (Å²) in [6.07, 6.45) is 0. The second kappa shape index (κ2) is 3.86. The summed E-state index contributed by atoms with van der Waals surface area (Å²) in [4.78, 5) is 0. The zero-order valence-corrected chi connectivity index (χ0v) is 8.04. The molecule has 2 N–H and O–H groups in total. The molecule has 1 aliphatic heterocycles. The van der Waals surface area contributed by atoms with Crippen molar-refractivity contribution in [2.24, 2.45) is 0 Å². The van der Waals surface area contributed by atoms with E-state index in [1.54, 1.807) is 0 Å². The van der Waals surface area contributed by atoms with Crippen LogP contribution in [0.1, 0.15) is 11.1 Å². The first-order chi connectivity index (χ1) is 6.83. The van der Waals surface area contributed by atoms with Crippen LogP contribution in [0, 0.1) is 6.92 Å². The first-order valence-corrected chi connectivity index (χ1v) is 4.58. The van der Waals surface area contributed by atoms with Crippen molar-refractivity contribution in [1.29, 1.82) is 0 Å². The zero-order chi connectivity index (χ0) is 9.97. The number of hydroxylamine groups is 1. The molecule has 0 aromatic heterocycles. The number of ether oxygens (including phenoxy) is 2. The fourth-order valence-electron chi connectivity index (χ4n) is 1.57. The number of fused-ring (bicyclic) bond motifs is 1. The normalized spacial score (nSPS) is 14.1. The third-order valence-electron chi connectivity index (χ3n) is 2.34. The zero-order valence-electron chi connectivity index (χ0n) is 8.04. The van der Waals surface area contributed by atoms with Crippen LogP contribution < -0.4 is 15.0 Å². The fraction of sp³-hybridized carbons (Fsp3) is 0.400. The monoisotopic (exact) mass is 195 g/mol. The van der Waals surface area contributed by atoms with E-state index in [0.717, 1.165) is 22.6 Å². The molecular formula is C10H13NO3. The molecule has 4 nitrogen and oxygen atoms in total. The minimum atomic E-state index is 0.419. The highest BCUT2D eigenvalue weighted by Crippen LogP contribution is 2.35. The number of hydrogen-bond acceptors (Lipinski definition) is 4. The van der Waals surface area contributed by atoms with Gasteiger partial charge in [-0.1, -0.05) is 6.07 Å². The standard InChI is InChI=1S/C10H13NO3/c1-7-8(6-11-12)2-3-9-10(7)14-5-4-13-9/h2-3,11-12H,4-6H2,1H3. The Balaban J connectivity index is 2.38. The predicted octanol–water partition coefficient (Wildman–Crippen LogP) is 1.25. The van der Waals surface area contributed by atoms with E-state index in [2.05, 4.69) is 5.48 Å². The van der Waals surface area contributed by atoms with E-state index in [1.165, 1.54) is 0 Å². The van der Waals surface area contributed by atoms with Gasteiger partial charge in [0.25, 0.3) is 0 Å². The highest BCUT2D eigenvalue weighted by molar-refractivity contribution is 5.50. The van der Waals surface area contributed by atoms with Gasteiger partial charge in [0.2, 0.25) is 0 Å². The van der Waals surface area contributed by atoms with Gasteiger partial charge in [-0.25, -0.2) is 5.48 Å². The maximum atomic E-state index is 8.63. The summed E-state index contributed by atoms with van der Waals surface area (Å²) < 4.78 is 10.9. The molecule has 2 rings (SSSR count). The van der Waals surface area contributed by atoms with Gasteiger partial charge in [0.15, 0.2) is 11.5 Å². The number of nitrogens with one attached hydrogen (secondary N) is 1. The molecule has 1 aromatic carbocycles. The maximum Gasteiger partial charge on any atom is 0.164 e. The molecule has 0 atom stereocenters. The fourth-order valence-corrected chi connectivity index (χ4v) is 1.57. The lowest BCUT2D eigenvalue weighted by atomic mass is 10.1. The number of hydrogen-bond donors (Lipinski definition) is 2. The molecule has 76 valence electrons. The van der Waals surface area contributed by atoms with Crippen molar-refractivity contribution in [2.45, 2.75) is 13.5 Å². The first-order valence-electron chi connectivity index (χ1n) is 4.58. The average Bonchev–Trinajstić information content (AvgIpc) is 2.23. The van der Waals surface area contributed by atoms with Crippen LogP contribution in [0.4, 0.5) is 0 Å². The molecule has 0 radical (unpaired) electrons. The Morgan fingerprint density at radius 3 is 2.93 bits per heavy atom. The minimum absolute atomic E-state index is 0.419. The average molecular weight is 195 g/mol. The van der Waals surface area contributed by atoms with Gasteiger partial charge in [-0.05, 0) is 24.1 Å². The van der Waals surface area contributed by atoms with Crippen LogP contribution >= 0.6 is 0 Å². The molecule has 1 heterocycles. The molecule has 0 saturated carbocycles. The van der Waals surface area contributed by atoms with E-state index in [-0.39, 0.29) is 0 Å². The Morgan fingerprint density at radius 1 is 1.36 bits per heavy atom. The molecule has 4 heteroatoms. The van der Waals surface area contributed by atoms with Gasteiger partial charge < -0.3 is 14.7 Å². The number of benzene rings is 1. The van der Waals surface area contributed by atoms with E-state index >= 15 is 0 Å². The summed E-state index contributed by atoms with van der Waals surface area (Å²) in [5.41, 5.74) is 4.16. The second-order valence-corrected chi connectivity index (χ2v) is 3.21. The van der Waals surface area contributed by atoms with Crippen LogP contribution in [0.25, 0.3) is 0 Å². The molecule has 0 spiro atoms. The van der Waals surface area contributed by atoms with Gasteiger partial charge in [0.05, 0.1) is 0 Å². The van der Waals surface area contributed by atoms with Crippen LogP contribution in [0.2, 0.25) is 0 Å². The SMILES string of the molecule is Cc1c(CNO)ccc2c1OCCO2. The van der Waals surface area contributed by atoms with Crippen molar-refractivity contribution in [2.75, 3.05) is 13.2 Å². The summed E-state index contributed by atoms with van der Waals surface area (Å²) in [5, 5.41) is 8.63. The third kappa shape index (κ3) is 1.54. The lowest BCUT2D eigenvalue weighted by Crippen LogP contribution is -2.17. The van der Waals surface area contributed by atoms with E-state index < -0.39 is 0 Å². The van der Waals surface area contributed by atoms with Crippen LogP contribution in [0.15, 0.2) is 12.1 Å². The molecule has 1 aromatic rings. The van der Waals surface area contributed by atoms with Crippen LogP contribution in [0.5, 0.6) is 11.5 Å². The van der Waals surface area contributed by atoms with E-state index in [4.69, 9.17) is 14.7 Å². The van der Waals surface area contributed by atoms with E-state index in [9.17, 15) is 0 Å². The highest BCUT2D eigenvalue weighted by atomic mass is 16.6. The van der Waals surface area contributed by atoms with E-state index in [1.807, 2.05) is 19.1 Å². The van der Waals surface area contributed by atoms with Crippen molar-refractivity contribution in [1.82, 2.24) is 5.48 Å². The van der Waals surface area contributed by atoms with E-state index in [0.29, 0.717) is 19.8 Å². The first kappa shape index (κ1) is 9.30.